The molecule has 0 aliphatic heterocycles. The Kier molecular flexibility index (Phi) is 3.54. The van der Waals surface area contributed by atoms with Gasteiger partial charge in [-0.25, -0.2) is 0 Å². The average Bonchev–Trinajstić information content (AvgIpc) is 2.17. The number of ketones is 2. The Bertz CT molecular complexity index is 330. The summed E-state index contributed by atoms with van der Waals surface area (Å²) in [5.74, 6) is -0.791. The first kappa shape index (κ1) is 10.6. The molecule has 0 N–H and O–H groups in total. The lowest BCUT2D eigenvalue weighted by Gasteiger charge is -2.06. The van der Waals surface area contributed by atoms with E-state index in [1.807, 2.05) is 6.07 Å². The molecule has 0 radical (unpaired) electrons. The first-order valence-corrected chi connectivity index (χ1v) is 4.38. The Labute approximate surface area is 83.3 Å². The van der Waals surface area contributed by atoms with Crippen LogP contribution in [0.2, 0.25) is 0 Å². The second kappa shape index (κ2) is 4.67. The van der Waals surface area contributed by atoms with Crippen molar-refractivity contribution in [3.05, 3.63) is 35.9 Å². The third kappa shape index (κ3) is 2.78. The van der Waals surface area contributed by atoms with Crippen LogP contribution in [0, 0.1) is 0 Å². The van der Waals surface area contributed by atoms with E-state index in [4.69, 9.17) is 0 Å². The van der Waals surface area contributed by atoms with E-state index < -0.39 is 5.78 Å². The summed E-state index contributed by atoms with van der Waals surface area (Å²) in [6, 6.07) is 8.60. The van der Waals surface area contributed by atoms with Gasteiger partial charge in [0.25, 0.3) is 0 Å². The van der Waals surface area contributed by atoms with Crippen LogP contribution in [0.15, 0.2) is 30.3 Å². The molecule has 1 aromatic rings. The zero-order valence-corrected chi connectivity index (χ0v) is 8.36. The second-order valence-corrected chi connectivity index (χ2v) is 3.36. The molecule has 0 heterocycles. The van der Waals surface area contributed by atoms with Gasteiger partial charge in [0.2, 0.25) is 11.6 Å². The van der Waals surface area contributed by atoms with Crippen LogP contribution in [0.4, 0.5) is 0 Å². The molecule has 3 heteroatoms. The van der Waals surface area contributed by atoms with Gasteiger partial charge in [0.15, 0.2) is 0 Å². The molecule has 0 amide bonds. The van der Waals surface area contributed by atoms with Gasteiger partial charge in [0.05, 0.1) is 6.54 Å². The Morgan fingerprint density at radius 3 is 2.21 bits per heavy atom. The summed E-state index contributed by atoms with van der Waals surface area (Å²) in [5.41, 5.74) is 0.458. The Morgan fingerprint density at radius 2 is 1.71 bits per heavy atom. The minimum atomic E-state index is -0.417. The normalized spacial score (nSPS) is 10.2. The number of Topliss-reactive ketones (excluding diaryl/α,β-unsaturated/α-hetero) is 2. The van der Waals surface area contributed by atoms with Crippen molar-refractivity contribution in [2.45, 2.75) is 0 Å². The summed E-state index contributed by atoms with van der Waals surface area (Å²) in [6.07, 6.45) is 0. The van der Waals surface area contributed by atoms with Crippen molar-refractivity contribution in [2.75, 3.05) is 20.6 Å². The van der Waals surface area contributed by atoms with Crippen molar-refractivity contribution in [2.24, 2.45) is 0 Å². The van der Waals surface area contributed by atoms with Gasteiger partial charge in [-0.1, -0.05) is 30.3 Å². The Morgan fingerprint density at radius 1 is 1.14 bits per heavy atom. The topological polar surface area (TPSA) is 37.4 Å². The molecule has 0 atom stereocenters. The van der Waals surface area contributed by atoms with Crippen LogP contribution in [-0.2, 0) is 4.79 Å². The lowest BCUT2D eigenvalue weighted by molar-refractivity contribution is -0.115. The van der Waals surface area contributed by atoms with Crippen LogP contribution in [-0.4, -0.2) is 37.1 Å². The Hall–Kier alpha value is -1.48. The summed E-state index contributed by atoms with van der Waals surface area (Å²) in [5, 5.41) is 0. The summed E-state index contributed by atoms with van der Waals surface area (Å²) in [6.45, 7) is 0.160. The van der Waals surface area contributed by atoms with E-state index in [0.717, 1.165) is 0 Å². The fraction of sp³-hybridized carbons (Fsp3) is 0.273. The lowest BCUT2D eigenvalue weighted by atomic mass is 10.1. The SMILES string of the molecule is CN(C)CC(=O)C(=O)c1ccccc1. The molecule has 0 aliphatic carbocycles. The summed E-state index contributed by atoms with van der Waals surface area (Å²) in [4.78, 5) is 24.6. The van der Waals surface area contributed by atoms with Gasteiger partial charge in [-0.2, -0.15) is 0 Å². The molecule has 0 aromatic heterocycles. The molecule has 14 heavy (non-hydrogen) atoms. The number of hydrogen-bond acceptors (Lipinski definition) is 3. The number of rotatable bonds is 4. The first-order valence-electron chi connectivity index (χ1n) is 4.38. The summed E-state index contributed by atoms with van der Waals surface area (Å²) in [7, 11) is 3.52. The van der Waals surface area contributed by atoms with Crippen molar-refractivity contribution < 1.29 is 9.59 Å². The number of carbonyl (C=O) groups is 2. The predicted molar refractivity (Wildman–Crippen MR) is 54.3 cm³/mol. The predicted octanol–water partition coefficient (Wildman–Crippen LogP) is 1.000. The fourth-order valence-electron chi connectivity index (χ4n) is 1.11. The Balaban J connectivity index is 2.72. The van der Waals surface area contributed by atoms with E-state index in [9.17, 15) is 9.59 Å². The highest BCUT2D eigenvalue weighted by atomic mass is 16.2. The van der Waals surface area contributed by atoms with Crippen LogP contribution >= 0.6 is 0 Å². The number of nitrogens with zero attached hydrogens (tertiary/aromatic N) is 1. The van der Waals surface area contributed by atoms with Gasteiger partial charge in [-0.3, -0.25) is 9.59 Å². The second-order valence-electron chi connectivity index (χ2n) is 3.36. The van der Waals surface area contributed by atoms with Gasteiger partial charge in [0, 0.05) is 5.56 Å². The summed E-state index contributed by atoms with van der Waals surface area (Å²) < 4.78 is 0. The molecule has 0 bridgehead atoms. The molecular weight excluding hydrogens is 178 g/mol. The van der Waals surface area contributed by atoms with E-state index in [0.29, 0.717) is 5.56 Å². The number of benzene rings is 1. The third-order valence-electron chi connectivity index (χ3n) is 1.75. The van der Waals surface area contributed by atoms with Gasteiger partial charge in [-0.05, 0) is 14.1 Å². The van der Waals surface area contributed by atoms with Crippen LogP contribution in [0.25, 0.3) is 0 Å². The maximum absolute atomic E-state index is 11.5. The zero-order chi connectivity index (χ0) is 10.6. The van der Waals surface area contributed by atoms with Crippen molar-refractivity contribution in [1.29, 1.82) is 0 Å². The third-order valence-corrected chi connectivity index (χ3v) is 1.75. The van der Waals surface area contributed by atoms with E-state index in [2.05, 4.69) is 0 Å². The van der Waals surface area contributed by atoms with E-state index in [1.54, 1.807) is 43.3 Å². The highest BCUT2D eigenvalue weighted by Crippen LogP contribution is 2.00. The smallest absolute Gasteiger partial charge is 0.229 e. The van der Waals surface area contributed by atoms with Crippen molar-refractivity contribution >= 4 is 11.6 Å². The number of carbonyl (C=O) groups excluding carboxylic acids is 2. The molecule has 3 nitrogen and oxygen atoms in total. The van der Waals surface area contributed by atoms with Crippen LogP contribution < -0.4 is 0 Å². The average molecular weight is 191 g/mol. The zero-order valence-electron chi connectivity index (χ0n) is 8.36. The minimum Gasteiger partial charge on any atom is -0.302 e. The van der Waals surface area contributed by atoms with Gasteiger partial charge in [-0.15, -0.1) is 0 Å². The quantitative estimate of drug-likeness (QED) is 0.526. The maximum Gasteiger partial charge on any atom is 0.229 e. The lowest BCUT2D eigenvalue weighted by Crippen LogP contribution is -2.27. The molecule has 74 valence electrons. The van der Waals surface area contributed by atoms with Crippen LogP contribution in [0.1, 0.15) is 10.4 Å². The maximum atomic E-state index is 11.5. The van der Waals surface area contributed by atoms with Crippen LogP contribution in [0.3, 0.4) is 0 Å². The van der Waals surface area contributed by atoms with Crippen molar-refractivity contribution in [1.82, 2.24) is 4.90 Å². The monoisotopic (exact) mass is 191 g/mol. The highest BCUT2D eigenvalue weighted by molar-refractivity contribution is 6.44. The molecule has 0 aliphatic rings. The standard InChI is InChI=1S/C11H13NO2/c1-12(2)8-10(13)11(14)9-6-4-3-5-7-9/h3-7H,8H2,1-2H3. The van der Waals surface area contributed by atoms with Gasteiger partial charge >= 0.3 is 0 Å². The summed E-state index contributed by atoms with van der Waals surface area (Å²) >= 11 is 0. The van der Waals surface area contributed by atoms with E-state index in [-0.39, 0.29) is 12.3 Å². The molecule has 0 saturated carbocycles. The van der Waals surface area contributed by atoms with Crippen molar-refractivity contribution in [3.63, 3.8) is 0 Å². The van der Waals surface area contributed by atoms with E-state index >= 15 is 0 Å². The minimum absolute atomic E-state index is 0.160. The van der Waals surface area contributed by atoms with Gasteiger partial charge < -0.3 is 4.90 Å². The first-order chi connectivity index (χ1) is 6.61. The molecule has 1 rings (SSSR count). The van der Waals surface area contributed by atoms with E-state index in [1.165, 1.54) is 0 Å². The number of hydrogen-bond donors (Lipinski definition) is 0. The molecule has 1 aromatic carbocycles. The molecule has 0 fully saturated rings. The number of likely N-dealkylation sites (N-methyl/N-ethyl adjacent to an activating group) is 1. The fourth-order valence-corrected chi connectivity index (χ4v) is 1.11. The van der Waals surface area contributed by atoms with Crippen molar-refractivity contribution in [3.8, 4) is 0 Å². The molecule has 0 unspecified atom stereocenters. The molecule has 0 spiro atoms. The molecular formula is C11H13NO2. The molecule has 0 saturated heterocycles. The highest BCUT2D eigenvalue weighted by Gasteiger charge is 2.15. The van der Waals surface area contributed by atoms with Crippen LogP contribution in [0.5, 0.6) is 0 Å². The van der Waals surface area contributed by atoms with Gasteiger partial charge in [0.1, 0.15) is 0 Å². The largest absolute Gasteiger partial charge is 0.302 e.